The van der Waals surface area contributed by atoms with E-state index in [4.69, 9.17) is 11.6 Å². The van der Waals surface area contributed by atoms with Crippen LogP contribution in [0.15, 0.2) is 36.7 Å². The minimum absolute atomic E-state index is 0.726. The smallest absolute Gasteiger partial charge is 0.156 e. The maximum Gasteiger partial charge on any atom is 0.156 e. The van der Waals surface area contributed by atoms with E-state index in [-0.39, 0.29) is 0 Å². The molecule has 4 rings (SSSR count). The molecule has 2 N–H and O–H groups in total. The molecular weight excluding hydrogens is 298 g/mol. The quantitative estimate of drug-likeness (QED) is 0.592. The first-order chi connectivity index (χ1) is 10.7. The van der Waals surface area contributed by atoms with Gasteiger partial charge in [0.15, 0.2) is 5.82 Å². The minimum atomic E-state index is 0.726. The van der Waals surface area contributed by atoms with Crippen LogP contribution in [0.25, 0.3) is 33.3 Å². The molecular formula is C16H14ClN5. The first-order valence-corrected chi connectivity index (χ1v) is 7.32. The molecule has 5 nitrogen and oxygen atoms in total. The molecule has 0 unspecified atom stereocenters. The van der Waals surface area contributed by atoms with Gasteiger partial charge in [0.2, 0.25) is 0 Å². The number of H-pyrrole nitrogens is 1. The highest BCUT2D eigenvalue weighted by Crippen LogP contribution is 2.31. The molecule has 4 aromatic rings. The van der Waals surface area contributed by atoms with E-state index < -0.39 is 0 Å². The van der Waals surface area contributed by atoms with Gasteiger partial charge in [0.1, 0.15) is 11.2 Å². The summed E-state index contributed by atoms with van der Waals surface area (Å²) in [5, 5.41) is 4.89. The molecule has 0 spiro atoms. The molecule has 110 valence electrons. The van der Waals surface area contributed by atoms with Crippen LogP contribution in [-0.2, 0) is 7.05 Å². The number of aromatic nitrogens is 4. The van der Waals surface area contributed by atoms with Crippen molar-refractivity contribution in [2.24, 2.45) is 7.05 Å². The molecule has 0 amide bonds. The zero-order valence-electron chi connectivity index (χ0n) is 12.2. The fourth-order valence-electron chi connectivity index (χ4n) is 2.76. The van der Waals surface area contributed by atoms with E-state index in [9.17, 15) is 0 Å². The van der Waals surface area contributed by atoms with Crippen molar-refractivity contribution in [3.8, 4) is 11.3 Å². The SMILES string of the molecule is CNc1nc2[nH]c(-c3ccc(Cl)cc3)cc2c2c1ncn2C. The molecule has 6 heteroatoms. The first kappa shape index (κ1) is 13.2. The second-order valence-corrected chi connectivity index (χ2v) is 5.65. The van der Waals surface area contributed by atoms with Crippen molar-refractivity contribution < 1.29 is 0 Å². The van der Waals surface area contributed by atoms with Gasteiger partial charge in [-0.15, -0.1) is 0 Å². The highest BCUT2D eigenvalue weighted by molar-refractivity contribution is 6.30. The molecule has 3 heterocycles. The maximum absolute atomic E-state index is 5.96. The summed E-state index contributed by atoms with van der Waals surface area (Å²) in [4.78, 5) is 12.4. The van der Waals surface area contributed by atoms with Gasteiger partial charge < -0.3 is 14.9 Å². The fourth-order valence-corrected chi connectivity index (χ4v) is 2.88. The Bertz CT molecular complexity index is 981. The Morgan fingerprint density at radius 3 is 2.73 bits per heavy atom. The normalized spacial score (nSPS) is 11.4. The number of halogens is 1. The van der Waals surface area contributed by atoms with Gasteiger partial charge in [0, 0.05) is 30.2 Å². The van der Waals surface area contributed by atoms with Crippen LogP contribution in [-0.4, -0.2) is 26.6 Å². The number of aryl methyl sites for hydroxylation is 1. The topological polar surface area (TPSA) is 58.5 Å². The highest BCUT2D eigenvalue weighted by atomic mass is 35.5. The van der Waals surface area contributed by atoms with Gasteiger partial charge in [-0.2, -0.15) is 0 Å². The predicted molar refractivity (Wildman–Crippen MR) is 90.4 cm³/mol. The van der Waals surface area contributed by atoms with Gasteiger partial charge in [-0.1, -0.05) is 23.7 Å². The van der Waals surface area contributed by atoms with Crippen molar-refractivity contribution in [3.63, 3.8) is 0 Å². The lowest BCUT2D eigenvalue weighted by Crippen LogP contribution is -1.95. The van der Waals surface area contributed by atoms with Crippen LogP contribution in [0.3, 0.4) is 0 Å². The summed E-state index contributed by atoms with van der Waals surface area (Å²) in [6.07, 6.45) is 1.81. The molecule has 3 aromatic heterocycles. The van der Waals surface area contributed by atoms with Gasteiger partial charge >= 0.3 is 0 Å². The first-order valence-electron chi connectivity index (χ1n) is 6.95. The lowest BCUT2D eigenvalue weighted by Gasteiger charge is -2.02. The molecule has 0 aliphatic carbocycles. The number of benzene rings is 1. The number of fused-ring (bicyclic) bond motifs is 3. The molecule has 0 saturated carbocycles. The second kappa shape index (κ2) is 4.74. The third-order valence-corrected chi connectivity index (χ3v) is 4.08. The van der Waals surface area contributed by atoms with Gasteiger partial charge in [-0.25, -0.2) is 9.97 Å². The summed E-state index contributed by atoms with van der Waals surface area (Å²) < 4.78 is 2.01. The Balaban J connectivity index is 2.02. The number of rotatable bonds is 2. The van der Waals surface area contributed by atoms with E-state index >= 15 is 0 Å². The monoisotopic (exact) mass is 311 g/mol. The average Bonchev–Trinajstić information content (AvgIpc) is 3.10. The van der Waals surface area contributed by atoms with E-state index in [1.807, 2.05) is 49.3 Å². The molecule has 0 fully saturated rings. The van der Waals surface area contributed by atoms with Crippen LogP contribution >= 0.6 is 11.6 Å². The maximum atomic E-state index is 5.96. The Morgan fingerprint density at radius 2 is 2.00 bits per heavy atom. The van der Waals surface area contributed by atoms with Crippen molar-refractivity contribution in [2.75, 3.05) is 12.4 Å². The van der Waals surface area contributed by atoms with Crippen LogP contribution in [0, 0.1) is 0 Å². The summed E-state index contributed by atoms with van der Waals surface area (Å²) in [6, 6.07) is 9.86. The Morgan fingerprint density at radius 1 is 1.23 bits per heavy atom. The predicted octanol–water partition coefficient (Wildman–Crippen LogP) is 3.81. The lowest BCUT2D eigenvalue weighted by molar-refractivity contribution is 0.951. The number of pyridine rings is 1. The summed E-state index contributed by atoms with van der Waals surface area (Å²) in [7, 11) is 3.84. The Labute approximate surface area is 132 Å². The molecule has 22 heavy (non-hydrogen) atoms. The van der Waals surface area contributed by atoms with Crippen molar-refractivity contribution >= 4 is 39.5 Å². The van der Waals surface area contributed by atoms with Crippen LogP contribution in [0.2, 0.25) is 5.02 Å². The molecule has 0 radical (unpaired) electrons. The third-order valence-electron chi connectivity index (χ3n) is 3.83. The van der Waals surface area contributed by atoms with E-state index in [1.54, 1.807) is 0 Å². The van der Waals surface area contributed by atoms with Gasteiger partial charge in [-0.3, -0.25) is 0 Å². The summed E-state index contributed by atoms with van der Waals surface area (Å²) in [5.74, 6) is 0.771. The Kier molecular flexibility index (Phi) is 2.84. The van der Waals surface area contributed by atoms with Crippen LogP contribution < -0.4 is 5.32 Å². The lowest BCUT2D eigenvalue weighted by atomic mass is 10.1. The molecule has 0 aliphatic heterocycles. The molecule has 0 saturated heterocycles. The van der Waals surface area contributed by atoms with Crippen LogP contribution in [0.5, 0.6) is 0 Å². The zero-order chi connectivity index (χ0) is 15.3. The van der Waals surface area contributed by atoms with Crippen molar-refractivity contribution in [1.82, 2.24) is 19.5 Å². The van der Waals surface area contributed by atoms with Gasteiger partial charge in [-0.05, 0) is 23.8 Å². The van der Waals surface area contributed by atoms with E-state index in [0.29, 0.717) is 0 Å². The van der Waals surface area contributed by atoms with Crippen LogP contribution in [0.4, 0.5) is 5.82 Å². The summed E-state index contributed by atoms with van der Waals surface area (Å²) in [6.45, 7) is 0. The zero-order valence-corrected chi connectivity index (χ0v) is 12.9. The third kappa shape index (κ3) is 1.86. The van der Waals surface area contributed by atoms with Crippen molar-refractivity contribution in [2.45, 2.75) is 0 Å². The average molecular weight is 312 g/mol. The number of anilines is 1. The van der Waals surface area contributed by atoms with Crippen molar-refractivity contribution in [1.29, 1.82) is 0 Å². The number of nitrogens with zero attached hydrogens (tertiary/aromatic N) is 3. The number of hydrogen-bond acceptors (Lipinski definition) is 3. The van der Waals surface area contributed by atoms with Gasteiger partial charge in [0.05, 0.1) is 11.8 Å². The molecule has 0 atom stereocenters. The molecule has 0 bridgehead atoms. The standard InChI is InChI=1S/C16H14ClN5/c1-18-16-13-14(22(2)8-19-13)11-7-12(20-15(11)21-16)9-3-5-10(17)6-4-9/h3-8H,1-2H3,(H2,18,20,21). The number of hydrogen-bond donors (Lipinski definition) is 2. The summed E-state index contributed by atoms with van der Waals surface area (Å²) >= 11 is 5.96. The van der Waals surface area contributed by atoms with E-state index in [2.05, 4.69) is 26.3 Å². The summed E-state index contributed by atoms with van der Waals surface area (Å²) in [5.41, 5.74) is 4.86. The number of imidazole rings is 1. The number of nitrogens with one attached hydrogen (secondary N) is 2. The number of aromatic amines is 1. The fraction of sp³-hybridized carbons (Fsp3) is 0.125. The highest BCUT2D eigenvalue weighted by Gasteiger charge is 2.14. The molecule has 0 aliphatic rings. The van der Waals surface area contributed by atoms with E-state index in [1.165, 1.54) is 0 Å². The molecule has 1 aromatic carbocycles. The largest absolute Gasteiger partial charge is 0.371 e. The van der Waals surface area contributed by atoms with Gasteiger partial charge in [0.25, 0.3) is 0 Å². The van der Waals surface area contributed by atoms with Crippen LogP contribution in [0.1, 0.15) is 0 Å². The second-order valence-electron chi connectivity index (χ2n) is 5.22. The van der Waals surface area contributed by atoms with Crippen molar-refractivity contribution in [3.05, 3.63) is 41.7 Å². The Hall–Kier alpha value is -2.53. The minimum Gasteiger partial charge on any atom is -0.371 e. The van der Waals surface area contributed by atoms with E-state index in [0.717, 1.165) is 44.2 Å².